The average Bonchev–Trinajstić information content (AvgIpc) is 2.67. The van der Waals surface area contributed by atoms with Gasteiger partial charge in [0.2, 0.25) is 10.0 Å². The van der Waals surface area contributed by atoms with Crippen molar-refractivity contribution in [3.05, 3.63) is 42.5 Å². The highest BCUT2D eigenvalue weighted by atomic mass is 32.2. The van der Waals surface area contributed by atoms with Gasteiger partial charge < -0.3 is 10.2 Å². The molecule has 1 saturated heterocycles. The zero-order chi connectivity index (χ0) is 19.4. The number of sulfonamides is 1. The lowest BCUT2D eigenvalue weighted by molar-refractivity contribution is -0.895. The zero-order valence-electron chi connectivity index (χ0n) is 15.9. The Morgan fingerprint density at radius 1 is 1.15 bits per heavy atom. The number of hydrogen-bond acceptors (Lipinski definition) is 3. The van der Waals surface area contributed by atoms with Crippen LogP contribution in [0.4, 0.5) is 0 Å². The Morgan fingerprint density at radius 3 is 2.48 bits per heavy atom. The standard InChI is InChI=1S/C20H27N3O3S/c1-3-16(2)21-20(24)15-22-10-12-23(13-11-22)27(25,26)19-9-8-17-6-4-5-7-18(17)14-19/h4-9,14,16H,3,10-13,15H2,1-2H3,(H,21,24)/p+1/t16-/m0/s1. The van der Waals surface area contributed by atoms with Crippen LogP contribution in [0.3, 0.4) is 0 Å². The molecule has 0 aromatic heterocycles. The summed E-state index contributed by atoms with van der Waals surface area (Å²) in [5.74, 6) is 0.0326. The molecule has 1 aliphatic heterocycles. The molecule has 1 atom stereocenters. The van der Waals surface area contributed by atoms with Gasteiger partial charge in [0.1, 0.15) is 0 Å². The molecule has 2 aromatic carbocycles. The summed E-state index contributed by atoms with van der Waals surface area (Å²) in [4.78, 5) is 13.5. The molecule has 1 heterocycles. The van der Waals surface area contributed by atoms with E-state index in [0.29, 0.717) is 37.6 Å². The third-order valence-electron chi connectivity index (χ3n) is 5.22. The molecule has 0 radical (unpaired) electrons. The summed E-state index contributed by atoms with van der Waals surface area (Å²) in [6.45, 7) is 6.56. The second kappa shape index (κ2) is 8.37. The van der Waals surface area contributed by atoms with Crippen molar-refractivity contribution in [2.75, 3.05) is 32.7 Å². The largest absolute Gasteiger partial charge is 0.349 e. The first-order chi connectivity index (χ1) is 12.9. The van der Waals surface area contributed by atoms with Gasteiger partial charge in [-0.05, 0) is 36.2 Å². The minimum Gasteiger partial charge on any atom is -0.349 e. The summed E-state index contributed by atoms with van der Waals surface area (Å²) < 4.78 is 27.5. The van der Waals surface area contributed by atoms with E-state index in [2.05, 4.69) is 5.32 Å². The fourth-order valence-corrected chi connectivity index (χ4v) is 4.83. The normalized spacial score (nSPS) is 17.7. The van der Waals surface area contributed by atoms with Crippen LogP contribution < -0.4 is 10.2 Å². The van der Waals surface area contributed by atoms with Gasteiger partial charge in [0.05, 0.1) is 31.1 Å². The maximum Gasteiger partial charge on any atom is 0.275 e. The molecule has 0 saturated carbocycles. The predicted octanol–water partition coefficient (Wildman–Crippen LogP) is 0.644. The molecule has 1 amide bonds. The van der Waals surface area contributed by atoms with E-state index in [1.165, 1.54) is 4.31 Å². The van der Waals surface area contributed by atoms with E-state index < -0.39 is 10.0 Å². The Labute approximate surface area is 161 Å². The maximum atomic E-state index is 13.0. The highest BCUT2D eigenvalue weighted by Gasteiger charge is 2.31. The van der Waals surface area contributed by atoms with Crippen LogP contribution in [0.15, 0.2) is 47.4 Å². The lowest BCUT2D eigenvalue weighted by Gasteiger charge is -2.31. The molecule has 3 rings (SSSR count). The highest BCUT2D eigenvalue weighted by molar-refractivity contribution is 7.89. The van der Waals surface area contributed by atoms with Crippen LogP contribution in [0.2, 0.25) is 0 Å². The first-order valence-electron chi connectivity index (χ1n) is 9.52. The maximum absolute atomic E-state index is 13.0. The Morgan fingerprint density at radius 2 is 1.81 bits per heavy atom. The summed E-state index contributed by atoms with van der Waals surface area (Å²) >= 11 is 0. The Bertz CT molecular complexity index is 906. The number of quaternary nitrogens is 1. The molecule has 0 spiro atoms. The summed E-state index contributed by atoms with van der Waals surface area (Å²) in [7, 11) is -3.51. The van der Waals surface area contributed by atoms with Gasteiger partial charge in [0.15, 0.2) is 6.54 Å². The van der Waals surface area contributed by atoms with Crippen molar-refractivity contribution in [3.63, 3.8) is 0 Å². The van der Waals surface area contributed by atoms with Crippen molar-refractivity contribution in [2.45, 2.75) is 31.2 Å². The van der Waals surface area contributed by atoms with Crippen molar-refractivity contribution in [1.82, 2.24) is 9.62 Å². The minimum absolute atomic E-state index is 0.0326. The quantitative estimate of drug-likeness (QED) is 0.761. The molecule has 2 aromatic rings. The predicted molar refractivity (Wildman–Crippen MR) is 106 cm³/mol. The molecule has 0 unspecified atom stereocenters. The number of fused-ring (bicyclic) bond motifs is 1. The topological polar surface area (TPSA) is 70.9 Å². The minimum atomic E-state index is -3.51. The molecule has 146 valence electrons. The van der Waals surface area contributed by atoms with Gasteiger partial charge in [-0.3, -0.25) is 4.79 Å². The van der Waals surface area contributed by atoms with E-state index in [4.69, 9.17) is 0 Å². The van der Waals surface area contributed by atoms with Crippen molar-refractivity contribution in [2.24, 2.45) is 0 Å². The fourth-order valence-electron chi connectivity index (χ4n) is 3.35. The SMILES string of the molecule is CC[C@H](C)NC(=O)C[NH+]1CCN(S(=O)(=O)c2ccc3ccccc3c2)CC1. The smallest absolute Gasteiger partial charge is 0.275 e. The van der Waals surface area contributed by atoms with E-state index in [0.717, 1.165) is 22.1 Å². The van der Waals surface area contributed by atoms with Crippen molar-refractivity contribution in [1.29, 1.82) is 0 Å². The van der Waals surface area contributed by atoms with Crippen LogP contribution in [0.5, 0.6) is 0 Å². The van der Waals surface area contributed by atoms with E-state index in [9.17, 15) is 13.2 Å². The number of nitrogens with one attached hydrogen (secondary N) is 2. The number of carbonyl (C=O) groups is 1. The summed E-state index contributed by atoms with van der Waals surface area (Å²) in [5, 5.41) is 4.92. The Kier molecular flexibility index (Phi) is 6.14. The van der Waals surface area contributed by atoms with Crippen molar-refractivity contribution < 1.29 is 18.1 Å². The molecule has 27 heavy (non-hydrogen) atoms. The van der Waals surface area contributed by atoms with E-state index in [1.807, 2.05) is 44.2 Å². The lowest BCUT2D eigenvalue weighted by Crippen LogP contribution is -3.15. The number of rotatable bonds is 6. The average molecular weight is 391 g/mol. The van der Waals surface area contributed by atoms with E-state index in [1.54, 1.807) is 12.1 Å². The van der Waals surface area contributed by atoms with Gasteiger partial charge in [-0.1, -0.05) is 37.3 Å². The summed E-state index contributed by atoms with van der Waals surface area (Å²) in [6.07, 6.45) is 0.902. The van der Waals surface area contributed by atoms with E-state index >= 15 is 0 Å². The second-order valence-corrected chi connectivity index (χ2v) is 9.15. The van der Waals surface area contributed by atoms with Crippen LogP contribution in [0.1, 0.15) is 20.3 Å². The number of hydrogen-bond donors (Lipinski definition) is 2. The zero-order valence-corrected chi connectivity index (χ0v) is 16.8. The molecule has 1 fully saturated rings. The molecule has 1 aliphatic rings. The third kappa shape index (κ3) is 4.66. The fraction of sp³-hybridized carbons (Fsp3) is 0.450. The van der Waals surface area contributed by atoms with Crippen molar-refractivity contribution in [3.8, 4) is 0 Å². The van der Waals surface area contributed by atoms with Gasteiger partial charge in [0.25, 0.3) is 5.91 Å². The van der Waals surface area contributed by atoms with E-state index in [-0.39, 0.29) is 11.9 Å². The van der Waals surface area contributed by atoms with Crippen LogP contribution in [-0.2, 0) is 14.8 Å². The highest BCUT2D eigenvalue weighted by Crippen LogP contribution is 2.21. The molecule has 7 heteroatoms. The summed E-state index contributed by atoms with van der Waals surface area (Å²) in [6, 6.07) is 13.2. The summed E-state index contributed by atoms with van der Waals surface area (Å²) in [5.41, 5.74) is 0. The number of benzene rings is 2. The van der Waals surface area contributed by atoms with Crippen LogP contribution >= 0.6 is 0 Å². The number of amides is 1. The second-order valence-electron chi connectivity index (χ2n) is 7.22. The molecule has 2 N–H and O–H groups in total. The first-order valence-corrected chi connectivity index (χ1v) is 11.0. The van der Waals surface area contributed by atoms with Gasteiger partial charge >= 0.3 is 0 Å². The number of piperazine rings is 1. The van der Waals surface area contributed by atoms with Gasteiger partial charge in [-0.2, -0.15) is 4.31 Å². The Balaban J connectivity index is 1.63. The Hall–Kier alpha value is -1.96. The molecule has 6 nitrogen and oxygen atoms in total. The van der Waals surface area contributed by atoms with Crippen LogP contribution in [-0.4, -0.2) is 57.4 Å². The molecular formula is C20H28N3O3S+. The molecular weight excluding hydrogens is 362 g/mol. The van der Waals surface area contributed by atoms with Gasteiger partial charge in [-0.25, -0.2) is 8.42 Å². The first kappa shape index (κ1) is 19.8. The molecule has 0 aliphatic carbocycles. The van der Waals surface area contributed by atoms with Crippen molar-refractivity contribution >= 4 is 26.7 Å². The van der Waals surface area contributed by atoms with Gasteiger partial charge in [-0.15, -0.1) is 0 Å². The number of carbonyl (C=O) groups excluding carboxylic acids is 1. The molecule has 0 bridgehead atoms. The lowest BCUT2D eigenvalue weighted by atomic mass is 10.1. The van der Waals surface area contributed by atoms with Gasteiger partial charge in [0, 0.05) is 6.04 Å². The third-order valence-corrected chi connectivity index (χ3v) is 7.11. The van der Waals surface area contributed by atoms with Crippen LogP contribution in [0, 0.1) is 0 Å². The number of nitrogens with zero attached hydrogens (tertiary/aromatic N) is 1. The monoisotopic (exact) mass is 390 g/mol. The van der Waals surface area contributed by atoms with Crippen LogP contribution in [0.25, 0.3) is 10.8 Å².